The van der Waals surface area contributed by atoms with E-state index in [0.29, 0.717) is 11.5 Å². The summed E-state index contributed by atoms with van der Waals surface area (Å²) < 4.78 is 6.01. The van der Waals surface area contributed by atoms with Gasteiger partial charge in [0.1, 0.15) is 0 Å². The molecule has 0 radical (unpaired) electrons. The normalized spacial score (nSPS) is 39.8. The Kier molecular flexibility index (Phi) is 5.12. The summed E-state index contributed by atoms with van der Waals surface area (Å²) in [6, 6.07) is 0. The van der Waals surface area contributed by atoms with E-state index < -0.39 is 0 Å². The topological polar surface area (TPSA) is 9.23 Å². The van der Waals surface area contributed by atoms with Gasteiger partial charge in [-0.3, -0.25) is 0 Å². The maximum atomic E-state index is 6.01. The molecule has 1 saturated heterocycles. The molecule has 0 bridgehead atoms. The quantitative estimate of drug-likeness (QED) is 0.591. The first-order chi connectivity index (χ1) is 8.64. The van der Waals surface area contributed by atoms with E-state index in [4.69, 9.17) is 4.74 Å². The molecule has 1 aliphatic heterocycles. The second-order valence-electron chi connectivity index (χ2n) is 7.23. The Morgan fingerprint density at radius 3 is 2.72 bits per heavy atom. The molecule has 1 nitrogen and oxygen atoms in total. The molecule has 4 atom stereocenters. The molecule has 1 aliphatic carbocycles. The van der Waals surface area contributed by atoms with E-state index in [0.717, 1.165) is 18.4 Å². The Morgan fingerprint density at radius 2 is 1.94 bits per heavy atom. The lowest BCUT2D eigenvalue weighted by atomic mass is 9.66. The lowest BCUT2D eigenvalue weighted by Gasteiger charge is -2.40. The molecule has 0 N–H and O–H groups in total. The summed E-state index contributed by atoms with van der Waals surface area (Å²) in [5.41, 5.74) is 0.581. The average molecular weight is 252 g/mol. The fourth-order valence-electron chi connectivity index (χ4n) is 4.05. The first-order valence-corrected chi connectivity index (χ1v) is 8.26. The number of rotatable bonds is 6. The molecule has 1 heteroatoms. The average Bonchev–Trinajstić information content (AvgIpc) is 2.70. The van der Waals surface area contributed by atoms with Crippen molar-refractivity contribution in [2.45, 2.75) is 84.7 Å². The molecule has 0 aromatic heterocycles. The zero-order valence-electron chi connectivity index (χ0n) is 12.7. The Labute approximate surface area is 114 Å². The summed E-state index contributed by atoms with van der Waals surface area (Å²) in [6.45, 7) is 8.19. The minimum atomic E-state index is 0.581. The molecule has 0 spiro atoms. The number of hydrogen-bond acceptors (Lipinski definition) is 1. The molecule has 0 aromatic rings. The van der Waals surface area contributed by atoms with Crippen molar-refractivity contribution in [3.63, 3.8) is 0 Å². The van der Waals surface area contributed by atoms with E-state index >= 15 is 0 Å². The fraction of sp³-hybridized carbons (Fsp3) is 1.00. The lowest BCUT2D eigenvalue weighted by Crippen LogP contribution is -2.34. The molecule has 106 valence electrons. The first-order valence-electron chi connectivity index (χ1n) is 8.26. The van der Waals surface area contributed by atoms with Gasteiger partial charge in [-0.1, -0.05) is 52.9 Å². The standard InChI is InChI=1S/C17H32O/c1-4-5-6-7-8-10-17(3)11-9-15-14(2)13-18-16(15)12-17/h14-16H,4-13H2,1-3H3/t14-,15?,16+,17?/m0/s1. The maximum Gasteiger partial charge on any atom is 0.0612 e. The third-order valence-electron chi connectivity index (χ3n) is 5.44. The van der Waals surface area contributed by atoms with Crippen molar-refractivity contribution >= 4 is 0 Å². The Hall–Kier alpha value is -0.0400. The molecule has 1 saturated carbocycles. The van der Waals surface area contributed by atoms with Gasteiger partial charge in [0.25, 0.3) is 0 Å². The van der Waals surface area contributed by atoms with Gasteiger partial charge in [0.15, 0.2) is 0 Å². The van der Waals surface area contributed by atoms with E-state index in [2.05, 4.69) is 20.8 Å². The third kappa shape index (κ3) is 3.50. The highest BCUT2D eigenvalue weighted by Crippen LogP contribution is 2.48. The van der Waals surface area contributed by atoms with Crippen molar-refractivity contribution in [2.75, 3.05) is 6.61 Å². The largest absolute Gasteiger partial charge is 0.378 e. The van der Waals surface area contributed by atoms with Crippen molar-refractivity contribution < 1.29 is 4.74 Å². The minimum Gasteiger partial charge on any atom is -0.378 e. The highest BCUT2D eigenvalue weighted by Gasteiger charge is 2.43. The van der Waals surface area contributed by atoms with Gasteiger partial charge in [-0.05, 0) is 42.9 Å². The number of ether oxygens (including phenoxy) is 1. The predicted octanol–water partition coefficient (Wildman–Crippen LogP) is 5.19. The van der Waals surface area contributed by atoms with Crippen LogP contribution in [0.5, 0.6) is 0 Å². The van der Waals surface area contributed by atoms with Crippen molar-refractivity contribution in [1.82, 2.24) is 0 Å². The molecule has 0 amide bonds. The van der Waals surface area contributed by atoms with Crippen LogP contribution in [0.4, 0.5) is 0 Å². The van der Waals surface area contributed by atoms with Crippen LogP contribution in [0.2, 0.25) is 0 Å². The Morgan fingerprint density at radius 1 is 1.17 bits per heavy atom. The Balaban J connectivity index is 1.72. The molecule has 0 aromatic carbocycles. The third-order valence-corrected chi connectivity index (χ3v) is 5.44. The summed E-state index contributed by atoms with van der Waals surface area (Å²) in [4.78, 5) is 0. The predicted molar refractivity (Wildman–Crippen MR) is 77.7 cm³/mol. The highest BCUT2D eigenvalue weighted by atomic mass is 16.5. The SMILES string of the molecule is CCCCCCCC1(C)CCC2[C@@H](C)CO[C@@H]2C1. The molecule has 2 unspecified atom stereocenters. The van der Waals surface area contributed by atoms with Crippen LogP contribution in [0.1, 0.15) is 78.6 Å². The van der Waals surface area contributed by atoms with Crippen LogP contribution in [0.15, 0.2) is 0 Å². The van der Waals surface area contributed by atoms with E-state index in [1.165, 1.54) is 57.8 Å². The molecule has 1 heterocycles. The van der Waals surface area contributed by atoms with Crippen LogP contribution in [-0.4, -0.2) is 12.7 Å². The van der Waals surface area contributed by atoms with E-state index in [1.807, 2.05) is 0 Å². The monoisotopic (exact) mass is 252 g/mol. The van der Waals surface area contributed by atoms with E-state index in [-0.39, 0.29) is 0 Å². The summed E-state index contributed by atoms with van der Waals surface area (Å²) in [6.07, 6.45) is 13.3. The fourth-order valence-corrected chi connectivity index (χ4v) is 4.05. The van der Waals surface area contributed by atoms with E-state index in [1.54, 1.807) is 0 Å². The van der Waals surface area contributed by atoms with Crippen LogP contribution in [-0.2, 0) is 4.74 Å². The summed E-state index contributed by atoms with van der Waals surface area (Å²) in [5.74, 6) is 1.68. The zero-order chi connectivity index (χ0) is 13.0. The summed E-state index contributed by atoms with van der Waals surface area (Å²) in [7, 11) is 0. The van der Waals surface area contributed by atoms with Gasteiger partial charge in [-0.15, -0.1) is 0 Å². The van der Waals surface area contributed by atoms with Gasteiger partial charge in [0.2, 0.25) is 0 Å². The van der Waals surface area contributed by atoms with Crippen LogP contribution < -0.4 is 0 Å². The highest BCUT2D eigenvalue weighted by molar-refractivity contribution is 4.93. The molecule has 18 heavy (non-hydrogen) atoms. The molecule has 2 fully saturated rings. The number of hydrogen-bond donors (Lipinski definition) is 0. The Bertz CT molecular complexity index is 250. The van der Waals surface area contributed by atoms with Crippen LogP contribution in [0, 0.1) is 17.3 Å². The smallest absolute Gasteiger partial charge is 0.0612 e. The zero-order valence-corrected chi connectivity index (χ0v) is 12.7. The van der Waals surface area contributed by atoms with Gasteiger partial charge in [0.05, 0.1) is 6.10 Å². The van der Waals surface area contributed by atoms with Gasteiger partial charge in [-0.2, -0.15) is 0 Å². The van der Waals surface area contributed by atoms with Crippen molar-refractivity contribution in [1.29, 1.82) is 0 Å². The molecular weight excluding hydrogens is 220 g/mol. The summed E-state index contributed by atoms with van der Waals surface area (Å²) in [5, 5.41) is 0. The van der Waals surface area contributed by atoms with Crippen LogP contribution in [0.3, 0.4) is 0 Å². The van der Waals surface area contributed by atoms with E-state index in [9.17, 15) is 0 Å². The van der Waals surface area contributed by atoms with Crippen molar-refractivity contribution in [3.8, 4) is 0 Å². The van der Waals surface area contributed by atoms with Gasteiger partial charge >= 0.3 is 0 Å². The van der Waals surface area contributed by atoms with Crippen LogP contribution in [0.25, 0.3) is 0 Å². The minimum absolute atomic E-state index is 0.581. The summed E-state index contributed by atoms with van der Waals surface area (Å²) >= 11 is 0. The van der Waals surface area contributed by atoms with Crippen molar-refractivity contribution in [3.05, 3.63) is 0 Å². The molecule has 2 aliphatic rings. The maximum absolute atomic E-state index is 6.01. The number of fused-ring (bicyclic) bond motifs is 1. The van der Waals surface area contributed by atoms with Gasteiger partial charge < -0.3 is 4.74 Å². The van der Waals surface area contributed by atoms with Crippen LogP contribution >= 0.6 is 0 Å². The van der Waals surface area contributed by atoms with Gasteiger partial charge in [-0.25, -0.2) is 0 Å². The second kappa shape index (κ2) is 6.41. The number of unbranched alkanes of at least 4 members (excludes halogenated alkanes) is 4. The van der Waals surface area contributed by atoms with Gasteiger partial charge in [0, 0.05) is 6.61 Å². The van der Waals surface area contributed by atoms with Crippen molar-refractivity contribution in [2.24, 2.45) is 17.3 Å². The first kappa shape index (κ1) is 14.4. The molecular formula is C17H32O. The lowest BCUT2D eigenvalue weighted by molar-refractivity contribution is 0.00933. The molecule has 2 rings (SSSR count). The second-order valence-corrected chi connectivity index (χ2v) is 7.23.